The number of piperidine rings is 1. The quantitative estimate of drug-likeness (QED) is 0.925. The standard InChI is InChI=1S/C14H20F3N3/c15-14(16,17)13(4-2-5-13)10-20-8-1-3-11(9-20)12-18-6-7-19-12/h6-7,11H,1-5,8-10H2,(H,18,19). The van der Waals surface area contributed by atoms with Crippen LogP contribution in [-0.4, -0.2) is 40.7 Å². The monoisotopic (exact) mass is 287 g/mol. The van der Waals surface area contributed by atoms with Crippen LogP contribution >= 0.6 is 0 Å². The summed E-state index contributed by atoms with van der Waals surface area (Å²) in [6.07, 6.45) is 2.64. The Balaban J connectivity index is 1.66. The zero-order chi connectivity index (χ0) is 14.2. The number of nitrogens with zero attached hydrogens (tertiary/aromatic N) is 2. The molecule has 0 aromatic carbocycles. The molecule has 1 aliphatic carbocycles. The van der Waals surface area contributed by atoms with Gasteiger partial charge < -0.3 is 9.88 Å². The van der Waals surface area contributed by atoms with Gasteiger partial charge in [0.15, 0.2) is 0 Å². The maximum absolute atomic E-state index is 13.2. The van der Waals surface area contributed by atoms with Crippen molar-refractivity contribution in [3.8, 4) is 0 Å². The van der Waals surface area contributed by atoms with Gasteiger partial charge in [-0.05, 0) is 32.2 Å². The average molecular weight is 287 g/mol. The Morgan fingerprint density at radius 2 is 2.15 bits per heavy atom. The highest BCUT2D eigenvalue weighted by Crippen LogP contribution is 2.53. The van der Waals surface area contributed by atoms with E-state index in [-0.39, 0.29) is 12.5 Å². The molecule has 1 atom stereocenters. The highest BCUT2D eigenvalue weighted by molar-refractivity contribution is 5.02. The van der Waals surface area contributed by atoms with E-state index in [1.54, 1.807) is 12.4 Å². The highest BCUT2D eigenvalue weighted by atomic mass is 19.4. The maximum Gasteiger partial charge on any atom is 0.395 e. The van der Waals surface area contributed by atoms with Crippen molar-refractivity contribution in [1.82, 2.24) is 14.9 Å². The van der Waals surface area contributed by atoms with Gasteiger partial charge in [0.05, 0.1) is 5.41 Å². The molecule has 0 spiro atoms. The normalized spacial score (nSPS) is 27.2. The average Bonchev–Trinajstić information content (AvgIpc) is 2.86. The molecule has 0 radical (unpaired) electrons. The number of alkyl halides is 3. The molecule has 3 nitrogen and oxygen atoms in total. The van der Waals surface area contributed by atoms with Gasteiger partial charge in [-0.2, -0.15) is 13.2 Å². The van der Waals surface area contributed by atoms with Crippen molar-refractivity contribution < 1.29 is 13.2 Å². The van der Waals surface area contributed by atoms with Crippen LogP contribution in [0.5, 0.6) is 0 Å². The molecule has 112 valence electrons. The molecule has 1 saturated carbocycles. The van der Waals surface area contributed by atoms with E-state index in [0.29, 0.717) is 25.8 Å². The van der Waals surface area contributed by atoms with Gasteiger partial charge in [-0.1, -0.05) is 6.42 Å². The first kappa shape index (κ1) is 13.9. The van der Waals surface area contributed by atoms with Crippen LogP contribution in [0.3, 0.4) is 0 Å². The van der Waals surface area contributed by atoms with Gasteiger partial charge in [-0.3, -0.25) is 0 Å². The van der Waals surface area contributed by atoms with Crippen molar-refractivity contribution in [3.63, 3.8) is 0 Å². The third-order valence-electron chi connectivity index (χ3n) is 4.85. The topological polar surface area (TPSA) is 31.9 Å². The van der Waals surface area contributed by atoms with Crippen LogP contribution in [0, 0.1) is 5.41 Å². The molecule has 2 heterocycles. The first-order valence-electron chi connectivity index (χ1n) is 7.29. The SMILES string of the molecule is FC(F)(F)C1(CN2CCCC(c3ncc[nH]3)C2)CCC1. The number of hydrogen-bond donors (Lipinski definition) is 1. The van der Waals surface area contributed by atoms with E-state index in [2.05, 4.69) is 9.97 Å². The summed E-state index contributed by atoms with van der Waals surface area (Å²) in [5, 5.41) is 0. The molecular weight excluding hydrogens is 267 g/mol. The summed E-state index contributed by atoms with van der Waals surface area (Å²) in [5.74, 6) is 1.15. The second-order valence-corrected chi connectivity index (χ2v) is 6.18. The van der Waals surface area contributed by atoms with Gasteiger partial charge in [0.2, 0.25) is 0 Å². The van der Waals surface area contributed by atoms with Crippen molar-refractivity contribution in [2.75, 3.05) is 19.6 Å². The molecule has 0 bridgehead atoms. The van der Waals surface area contributed by atoms with Crippen molar-refractivity contribution in [3.05, 3.63) is 18.2 Å². The van der Waals surface area contributed by atoms with Gasteiger partial charge in [0, 0.05) is 31.4 Å². The van der Waals surface area contributed by atoms with Crippen LogP contribution in [0.4, 0.5) is 13.2 Å². The summed E-state index contributed by atoms with van der Waals surface area (Å²) in [6.45, 7) is 1.62. The molecule has 6 heteroatoms. The largest absolute Gasteiger partial charge is 0.395 e. The second kappa shape index (κ2) is 5.06. The number of rotatable bonds is 3. The predicted molar refractivity (Wildman–Crippen MR) is 69.3 cm³/mol. The van der Waals surface area contributed by atoms with Crippen LogP contribution in [0.25, 0.3) is 0 Å². The number of likely N-dealkylation sites (tertiary alicyclic amines) is 1. The molecule has 2 fully saturated rings. The molecule has 1 unspecified atom stereocenters. The van der Waals surface area contributed by atoms with Crippen molar-refractivity contribution in [2.45, 2.75) is 44.2 Å². The molecule has 1 aromatic heterocycles. The smallest absolute Gasteiger partial charge is 0.348 e. The lowest BCUT2D eigenvalue weighted by atomic mass is 9.67. The Hall–Kier alpha value is -1.04. The first-order chi connectivity index (χ1) is 9.50. The summed E-state index contributed by atoms with van der Waals surface area (Å²) in [4.78, 5) is 9.33. The third kappa shape index (κ3) is 2.45. The first-order valence-corrected chi connectivity index (χ1v) is 7.29. The lowest BCUT2D eigenvalue weighted by Gasteiger charge is -2.47. The van der Waals surface area contributed by atoms with E-state index in [1.807, 2.05) is 4.90 Å². The number of imidazole rings is 1. The van der Waals surface area contributed by atoms with Crippen LogP contribution in [-0.2, 0) is 0 Å². The summed E-state index contributed by atoms with van der Waals surface area (Å²) >= 11 is 0. The van der Waals surface area contributed by atoms with Crippen LogP contribution in [0.15, 0.2) is 12.4 Å². The van der Waals surface area contributed by atoms with E-state index < -0.39 is 11.6 Å². The summed E-state index contributed by atoms with van der Waals surface area (Å²) in [5.41, 5.74) is -1.45. The van der Waals surface area contributed by atoms with E-state index in [1.165, 1.54) is 0 Å². The number of H-pyrrole nitrogens is 1. The van der Waals surface area contributed by atoms with Gasteiger partial charge in [-0.25, -0.2) is 4.98 Å². The Bertz CT molecular complexity index is 437. The number of aromatic nitrogens is 2. The zero-order valence-electron chi connectivity index (χ0n) is 11.4. The van der Waals surface area contributed by atoms with Crippen molar-refractivity contribution in [1.29, 1.82) is 0 Å². The number of hydrogen-bond acceptors (Lipinski definition) is 2. The van der Waals surface area contributed by atoms with Gasteiger partial charge in [0.1, 0.15) is 5.82 Å². The predicted octanol–water partition coefficient (Wildman–Crippen LogP) is 3.32. The molecule has 1 aliphatic heterocycles. The Morgan fingerprint density at radius 3 is 2.70 bits per heavy atom. The Morgan fingerprint density at radius 1 is 1.35 bits per heavy atom. The highest BCUT2D eigenvalue weighted by Gasteiger charge is 2.58. The van der Waals surface area contributed by atoms with Crippen LogP contribution < -0.4 is 0 Å². The zero-order valence-corrected chi connectivity index (χ0v) is 11.4. The molecule has 1 aromatic rings. The van der Waals surface area contributed by atoms with E-state index >= 15 is 0 Å². The molecule has 2 aliphatic rings. The fourth-order valence-electron chi connectivity index (χ4n) is 3.49. The van der Waals surface area contributed by atoms with Crippen molar-refractivity contribution in [2.24, 2.45) is 5.41 Å². The molecule has 1 saturated heterocycles. The minimum Gasteiger partial charge on any atom is -0.348 e. The van der Waals surface area contributed by atoms with Gasteiger partial charge in [0.25, 0.3) is 0 Å². The molecular formula is C14H20F3N3. The van der Waals surface area contributed by atoms with E-state index in [0.717, 1.165) is 25.2 Å². The number of nitrogens with one attached hydrogen (secondary N) is 1. The number of aromatic amines is 1. The fraction of sp³-hybridized carbons (Fsp3) is 0.786. The summed E-state index contributed by atoms with van der Waals surface area (Å²) in [6, 6.07) is 0. The Labute approximate surface area is 116 Å². The minimum atomic E-state index is -4.07. The number of halogens is 3. The fourth-order valence-corrected chi connectivity index (χ4v) is 3.49. The Kier molecular flexibility index (Phi) is 3.52. The van der Waals surface area contributed by atoms with Crippen molar-refractivity contribution >= 4 is 0 Å². The van der Waals surface area contributed by atoms with Gasteiger partial charge in [-0.15, -0.1) is 0 Å². The molecule has 20 heavy (non-hydrogen) atoms. The molecule has 3 rings (SSSR count). The van der Waals surface area contributed by atoms with Gasteiger partial charge >= 0.3 is 6.18 Å². The van der Waals surface area contributed by atoms with E-state index in [9.17, 15) is 13.2 Å². The summed E-state index contributed by atoms with van der Waals surface area (Å²) in [7, 11) is 0. The lowest BCUT2D eigenvalue weighted by molar-refractivity contribution is -0.256. The summed E-state index contributed by atoms with van der Waals surface area (Å²) < 4.78 is 39.7. The minimum absolute atomic E-state index is 0.160. The second-order valence-electron chi connectivity index (χ2n) is 6.18. The van der Waals surface area contributed by atoms with Crippen LogP contribution in [0.2, 0.25) is 0 Å². The maximum atomic E-state index is 13.2. The molecule has 0 amide bonds. The third-order valence-corrected chi connectivity index (χ3v) is 4.85. The lowest BCUT2D eigenvalue weighted by Crippen LogP contribution is -2.53. The van der Waals surface area contributed by atoms with E-state index in [4.69, 9.17) is 0 Å². The van der Waals surface area contributed by atoms with Crippen LogP contribution in [0.1, 0.15) is 43.8 Å². The molecule has 1 N–H and O–H groups in total.